The summed E-state index contributed by atoms with van der Waals surface area (Å²) < 4.78 is 0. The minimum absolute atomic E-state index is 0.253. The van der Waals surface area contributed by atoms with Crippen LogP contribution >= 0.6 is 0 Å². The Balaban J connectivity index is 2.25. The number of piperidine rings is 1. The highest BCUT2D eigenvalue weighted by molar-refractivity contribution is 4.99. The SMILES string of the molecule is CN(C)CCCCNC1CC(C)(C)NC(C)(C)C1. The molecular weight excluding hydrogens is 222 g/mol. The van der Waals surface area contributed by atoms with Gasteiger partial charge in [-0.3, -0.25) is 0 Å². The van der Waals surface area contributed by atoms with E-state index in [1.807, 2.05) is 0 Å². The van der Waals surface area contributed by atoms with E-state index < -0.39 is 0 Å². The average Bonchev–Trinajstić information content (AvgIpc) is 2.11. The van der Waals surface area contributed by atoms with E-state index in [4.69, 9.17) is 0 Å². The standard InChI is InChI=1S/C15H33N3/c1-14(2)11-13(12-15(3,4)17-14)16-9-7-8-10-18(5)6/h13,16-17H,7-12H2,1-6H3. The fraction of sp³-hybridized carbons (Fsp3) is 1.00. The van der Waals surface area contributed by atoms with Crippen molar-refractivity contribution in [2.24, 2.45) is 0 Å². The zero-order chi connectivity index (χ0) is 13.8. The Labute approximate surface area is 114 Å². The van der Waals surface area contributed by atoms with E-state index in [0.29, 0.717) is 6.04 Å². The van der Waals surface area contributed by atoms with Gasteiger partial charge in [-0.05, 0) is 80.6 Å². The molecule has 108 valence electrons. The van der Waals surface area contributed by atoms with Crippen LogP contribution in [0.2, 0.25) is 0 Å². The van der Waals surface area contributed by atoms with Gasteiger partial charge in [0.25, 0.3) is 0 Å². The highest BCUT2D eigenvalue weighted by Gasteiger charge is 2.37. The molecule has 18 heavy (non-hydrogen) atoms. The number of unbranched alkanes of at least 4 members (excludes halogenated alkanes) is 1. The number of nitrogens with one attached hydrogen (secondary N) is 2. The van der Waals surface area contributed by atoms with Crippen molar-refractivity contribution in [3.8, 4) is 0 Å². The van der Waals surface area contributed by atoms with Crippen molar-refractivity contribution >= 4 is 0 Å². The lowest BCUT2D eigenvalue weighted by molar-refractivity contribution is 0.146. The molecule has 0 aromatic carbocycles. The van der Waals surface area contributed by atoms with Gasteiger partial charge in [-0.25, -0.2) is 0 Å². The summed E-state index contributed by atoms with van der Waals surface area (Å²) in [6.45, 7) is 11.6. The van der Waals surface area contributed by atoms with Gasteiger partial charge in [0.15, 0.2) is 0 Å². The molecular formula is C15H33N3. The third kappa shape index (κ3) is 6.17. The van der Waals surface area contributed by atoms with Crippen molar-refractivity contribution in [3.63, 3.8) is 0 Å². The van der Waals surface area contributed by atoms with Crippen LogP contribution in [0.25, 0.3) is 0 Å². The Kier molecular flexibility index (Phi) is 5.63. The van der Waals surface area contributed by atoms with Gasteiger partial charge in [-0.2, -0.15) is 0 Å². The van der Waals surface area contributed by atoms with Gasteiger partial charge in [-0.15, -0.1) is 0 Å². The molecule has 3 heteroatoms. The summed E-state index contributed by atoms with van der Waals surface area (Å²) in [6.07, 6.45) is 5.02. The predicted octanol–water partition coefficient (Wildman–Crippen LogP) is 2.23. The monoisotopic (exact) mass is 255 g/mol. The average molecular weight is 255 g/mol. The number of nitrogens with zero attached hydrogens (tertiary/aromatic N) is 1. The summed E-state index contributed by atoms with van der Waals surface area (Å²) in [5.41, 5.74) is 0.506. The first-order valence-corrected chi connectivity index (χ1v) is 7.38. The minimum Gasteiger partial charge on any atom is -0.314 e. The van der Waals surface area contributed by atoms with Crippen LogP contribution in [0.5, 0.6) is 0 Å². The Morgan fingerprint density at radius 2 is 1.61 bits per heavy atom. The molecule has 0 amide bonds. The molecule has 0 spiro atoms. The smallest absolute Gasteiger partial charge is 0.0144 e. The van der Waals surface area contributed by atoms with Crippen molar-refractivity contribution in [2.75, 3.05) is 27.2 Å². The van der Waals surface area contributed by atoms with Gasteiger partial charge in [0.2, 0.25) is 0 Å². The molecule has 1 aliphatic rings. The lowest BCUT2D eigenvalue weighted by Crippen LogP contribution is -2.61. The van der Waals surface area contributed by atoms with Gasteiger partial charge < -0.3 is 15.5 Å². The molecule has 0 atom stereocenters. The van der Waals surface area contributed by atoms with Gasteiger partial charge in [-0.1, -0.05) is 0 Å². The van der Waals surface area contributed by atoms with Crippen LogP contribution < -0.4 is 10.6 Å². The normalized spacial score (nSPS) is 23.5. The van der Waals surface area contributed by atoms with Gasteiger partial charge in [0.1, 0.15) is 0 Å². The van der Waals surface area contributed by atoms with Crippen LogP contribution in [0.3, 0.4) is 0 Å². The van der Waals surface area contributed by atoms with E-state index in [-0.39, 0.29) is 11.1 Å². The van der Waals surface area contributed by atoms with Crippen molar-refractivity contribution in [1.82, 2.24) is 15.5 Å². The molecule has 1 saturated heterocycles. The van der Waals surface area contributed by atoms with E-state index in [9.17, 15) is 0 Å². The maximum absolute atomic E-state index is 3.75. The Bertz CT molecular complexity index is 230. The third-order valence-corrected chi connectivity index (χ3v) is 3.66. The second-order valence-corrected chi connectivity index (χ2v) is 7.46. The van der Waals surface area contributed by atoms with Crippen molar-refractivity contribution in [1.29, 1.82) is 0 Å². The van der Waals surface area contributed by atoms with Crippen molar-refractivity contribution in [2.45, 2.75) is 70.5 Å². The molecule has 0 aliphatic carbocycles. The lowest BCUT2D eigenvalue weighted by atomic mass is 9.79. The maximum Gasteiger partial charge on any atom is 0.0144 e. The van der Waals surface area contributed by atoms with Crippen LogP contribution in [0.1, 0.15) is 53.4 Å². The summed E-state index contributed by atoms with van der Waals surface area (Å²) in [7, 11) is 4.29. The van der Waals surface area contributed by atoms with E-state index in [2.05, 4.69) is 57.3 Å². The second kappa shape index (κ2) is 6.36. The fourth-order valence-corrected chi connectivity index (χ4v) is 3.33. The third-order valence-electron chi connectivity index (χ3n) is 3.66. The number of rotatable bonds is 6. The molecule has 1 rings (SSSR count). The maximum atomic E-state index is 3.75. The van der Waals surface area contributed by atoms with Crippen molar-refractivity contribution in [3.05, 3.63) is 0 Å². The van der Waals surface area contributed by atoms with Crippen LogP contribution in [0, 0.1) is 0 Å². The van der Waals surface area contributed by atoms with Crippen LogP contribution in [-0.4, -0.2) is 49.2 Å². The quantitative estimate of drug-likeness (QED) is 0.713. The highest BCUT2D eigenvalue weighted by atomic mass is 15.1. The lowest BCUT2D eigenvalue weighted by Gasteiger charge is -2.46. The first-order chi connectivity index (χ1) is 8.20. The Morgan fingerprint density at radius 3 is 2.11 bits per heavy atom. The minimum atomic E-state index is 0.253. The predicted molar refractivity (Wildman–Crippen MR) is 80.1 cm³/mol. The van der Waals surface area contributed by atoms with Gasteiger partial charge in [0.05, 0.1) is 0 Å². The fourth-order valence-electron chi connectivity index (χ4n) is 3.33. The highest BCUT2D eigenvalue weighted by Crippen LogP contribution is 2.28. The van der Waals surface area contributed by atoms with Crippen LogP contribution in [0.15, 0.2) is 0 Å². The molecule has 0 unspecified atom stereocenters. The molecule has 2 N–H and O–H groups in total. The molecule has 0 saturated carbocycles. The Hall–Kier alpha value is -0.120. The zero-order valence-corrected chi connectivity index (χ0v) is 13.3. The van der Waals surface area contributed by atoms with E-state index in [0.717, 1.165) is 6.54 Å². The van der Waals surface area contributed by atoms with Crippen molar-refractivity contribution < 1.29 is 0 Å². The summed E-state index contributed by atoms with van der Waals surface area (Å²) in [4.78, 5) is 2.26. The number of hydrogen-bond acceptors (Lipinski definition) is 3. The summed E-state index contributed by atoms with van der Waals surface area (Å²) >= 11 is 0. The molecule has 0 radical (unpaired) electrons. The van der Waals surface area contributed by atoms with E-state index >= 15 is 0 Å². The first-order valence-electron chi connectivity index (χ1n) is 7.38. The molecule has 3 nitrogen and oxygen atoms in total. The summed E-state index contributed by atoms with van der Waals surface area (Å²) in [5, 5.41) is 7.48. The van der Waals surface area contributed by atoms with Gasteiger partial charge in [0, 0.05) is 17.1 Å². The molecule has 0 bridgehead atoms. The van der Waals surface area contributed by atoms with E-state index in [1.165, 1.54) is 32.2 Å². The van der Waals surface area contributed by atoms with Gasteiger partial charge >= 0.3 is 0 Å². The van der Waals surface area contributed by atoms with Crippen LogP contribution in [-0.2, 0) is 0 Å². The number of hydrogen-bond donors (Lipinski definition) is 2. The molecule has 1 heterocycles. The molecule has 0 aromatic heterocycles. The molecule has 1 aliphatic heterocycles. The van der Waals surface area contributed by atoms with E-state index in [1.54, 1.807) is 0 Å². The molecule has 1 fully saturated rings. The first kappa shape index (κ1) is 15.9. The van der Waals surface area contributed by atoms with Crippen LogP contribution in [0.4, 0.5) is 0 Å². The largest absolute Gasteiger partial charge is 0.314 e. The summed E-state index contributed by atoms with van der Waals surface area (Å²) in [5.74, 6) is 0. The topological polar surface area (TPSA) is 27.3 Å². The zero-order valence-electron chi connectivity index (χ0n) is 13.3. The second-order valence-electron chi connectivity index (χ2n) is 7.46. The Morgan fingerprint density at radius 1 is 1.06 bits per heavy atom. The molecule has 0 aromatic rings. The summed E-state index contributed by atoms with van der Waals surface area (Å²) in [6, 6.07) is 0.663.